The van der Waals surface area contributed by atoms with E-state index in [1.165, 1.54) is 11.8 Å². The summed E-state index contributed by atoms with van der Waals surface area (Å²) < 4.78 is 5.55. The second kappa shape index (κ2) is 11.9. The third-order valence-corrected chi connectivity index (χ3v) is 5.93. The quantitative estimate of drug-likeness (QED) is 0.387. The Morgan fingerprint density at radius 1 is 1.36 bits per heavy atom. The van der Waals surface area contributed by atoms with E-state index in [4.69, 9.17) is 21.4 Å². The number of ketones is 1. The van der Waals surface area contributed by atoms with Gasteiger partial charge in [0.05, 0.1) is 6.10 Å². The van der Waals surface area contributed by atoms with Crippen LogP contribution >= 0.6 is 23.4 Å². The molecule has 0 bridgehead atoms. The normalized spacial score (nSPS) is 20.0. The van der Waals surface area contributed by atoms with Crippen molar-refractivity contribution >= 4 is 35.1 Å². The van der Waals surface area contributed by atoms with Crippen LogP contribution in [0.4, 0.5) is 0 Å². The number of carboxylic acid groups (broad SMARTS) is 1. The highest BCUT2D eigenvalue weighted by Gasteiger charge is 2.29. The van der Waals surface area contributed by atoms with Gasteiger partial charge >= 0.3 is 5.97 Å². The average Bonchev–Trinajstić information content (AvgIpc) is 3.01. The van der Waals surface area contributed by atoms with E-state index in [1.54, 1.807) is 30.3 Å². The lowest BCUT2D eigenvalue weighted by Crippen LogP contribution is -2.24. The van der Waals surface area contributed by atoms with Gasteiger partial charge in [-0.15, -0.1) is 0 Å². The number of aliphatic hydroxyl groups excluding tert-OH is 1. The lowest BCUT2D eigenvalue weighted by molar-refractivity contribution is -0.137. The topological polar surface area (TPSA) is 83.8 Å². The zero-order valence-corrected chi connectivity index (χ0v) is 17.1. The molecule has 1 aliphatic carbocycles. The number of carboxylic acids is 1. The van der Waals surface area contributed by atoms with E-state index in [0.717, 1.165) is 0 Å². The Morgan fingerprint density at radius 3 is 2.93 bits per heavy atom. The Labute approximate surface area is 174 Å². The summed E-state index contributed by atoms with van der Waals surface area (Å²) in [5.41, 5.74) is 0. The van der Waals surface area contributed by atoms with Crippen LogP contribution in [0.1, 0.15) is 25.7 Å². The van der Waals surface area contributed by atoms with Crippen molar-refractivity contribution < 1.29 is 24.5 Å². The minimum Gasteiger partial charge on any atom is -0.491 e. The molecule has 0 aliphatic heterocycles. The van der Waals surface area contributed by atoms with E-state index in [9.17, 15) is 14.7 Å². The molecule has 5 nitrogen and oxygen atoms in total. The number of carbonyl (C=O) groups is 2. The number of aliphatic hydroxyl groups is 1. The maximum absolute atomic E-state index is 12.1. The first-order valence-electron chi connectivity index (χ1n) is 9.22. The van der Waals surface area contributed by atoms with Crippen LogP contribution in [0.3, 0.4) is 0 Å². The minimum atomic E-state index is -0.794. The number of benzene rings is 1. The van der Waals surface area contributed by atoms with Crippen molar-refractivity contribution in [3.8, 4) is 5.75 Å². The third kappa shape index (κ3) is 8.09. The van der Waals surface area contributed by atoms with E-state index < -0.39 is 12.1 Å². The van der Waals surface area contributed by atoms with Gasteiger partial charge in [-0.05, 0) is 43.5 Å². The molecular formula is C21H25ClO5S. The van der Waals surface area contributed by atoms with Crippen LogP contribution in [0.5, 0.6) is 5.75 Å². The fraction of sp³-hybridized carbons (Fsp3) is 0.429. The van der Waals surface area contributed by atoms with Crippen molar-refractivity contribution in [2.45, 2.75) is 37.0 Å². The van der Waals surface area contributed by atoms with Crippen LogP contribution in [-0.2, 0) is 9.59 Å². The van der Waals surface area contributed by atoms with Crippen LogP contribution in [0.2, 0.25) is 5.02 Å². The van der Waals surface area contributed by atoms with Gasteiger partial charge in [0.25, 0.3) is 0 Å². The molecule has 2 rings (SSSR count). The zero-order chi connectivity index (χ0) is 20.4. The Bertz CT molecular complexity index is 719. The SMILES string of the molecule is O=C(O)CCC/C=C\CC1C(=O)C=CC1SCC(O)COc1cccc(Cl)c1. The Morgan fingerprint density at radius 2 is 2.18 bits per heavy atom. The lowest BCUT2D eigenvalue weighted by Gasteiger charge is -2.18. The number of halogens is 1. The van der Waals surface area contributed by atoms with Gasteiger partial charge in [0.1, 0.15) is 12.4 Å². The average molecular weight is 425 g/mol. The first kappa shape index (κ1) is 22.5. The minimum absolute atomic E-state index is 0.0250. The summed E-state index contributed by atoms with van der Waals surface area (Å²) in [5, 5.41) is 19.4. The molecule has 1 aromatic rings. The molecule has 2 N–H and O–H groups in total. The number of hydrogen-bond acceptors (Lipinski definition) is 5. The molecule has 0 spiro atoms. The summed E-state index contributed by atoms with van der Waals surface area (Å²) in [6, 6.07) is 7.01. The van der Waals surface area contributed by atoms with Gasteiger partial charge in [0, 0.05) is 28.4 Å². The molecule has 3 atom stereocenters. The summed E-state index contributed by atoms with van der Waals surface area (Å²) in [6.07, 6.45) is 8.79. The fourth-order valence-corrected chi connectivity index (χ4v) is 4.17. The number of carbonyl (C=O) groups excluding carboxylic acids is 1. The van der Waals surface area contributed by atoms with Crippen LogP contribution in [0.15, 0.2) is 48.6 Å². The van der Waals surface area contributed by atoms with Crippen molar-refractivity contribution in [2.24, 2.45) is 5.92 Å². The molecule has 1 aromatic carbocycles. The molecule has 0 aromatic heterocycles. The predicted molar refractivity (Wildman–Crippen MR) is 112 cm³/mol. The maximum atomic E-state index is 12.1. The predicted octanol–water partition coefficient (Wildman–Crippen LogP) is 4.14. The van der Waals surface area contributed by atoms with Crippen LogP contribution in [-0.4, -0.2) is 45.7 Å². The Balaban J connectivity index is 1.70. The summed E-state index contributed by atoms with van der Waals surface area (Å²) in [6.45, 7) is 0.159. The zero-order valence-electron chi connectivity index (χ0n) is 15.5. The van der Waals surface area contributed by atoms with Crippen molar-refractivity contribution in [3.05, 3.63) is 53.6 Å². The molecule has 1 aliphatic rings. The second-order valence-corrected chi connectivity index (χ2v) is 8.23. The molecule has 0 amide bonds. The number of rotatable bonds is 12. The molecule has 0 radical (unpaired) electrons. The monoisotopic (exact) mass is 424 g/mol. The highest BCUT2D eigenvalue weighted by molar-refractivity contribution is 8.00. The molecule has 28 heavy (non-hydrogen) atoms. The third-order valence-electron chi connectivity index (χ3n) is 4.25. The van der Waals surface area contributed by atoms with Crippen LogP contribution in [0, 0.1) is 5.92 Å². The van der Waals surface area contributed by atoms with Crippen molar-refractivity contribution in [1.29, 1.82) is 0 Å². The summed E-state index contributed by atoms with van der Waals surface area (Å²) in [7, 11) is 0. The Hall–Kier alpha value is -1.76. The van der Waals surface area contributed by atoms with E-state index in [-0.39, 0.29) is 30.0 Å². The summed E-state index contributed by atoms with van der Waals surface area (Å²) in [4.78, 5) is 22.6. The van der Waals surface area contributed by atoms with E-state index in [1.807, 2.05) is 18.2 Å². The van der Waals surface area contributed by atoms with Gasteiger partial charge in [-0.2, -0.15) is 11.8 Å². The molecule has 152 valence electrons. The Kier molecular flexibility index (Phi) is 9.61. The largest absolute Gasteiger partial charge is 0.491 e. The van der Waals surface area contributed by atoms with Crippen molar-refractivity contribution in [1.82, 2.24) is 0 Å². The molecule has 3 unspecified atom stereocenters. The molecule has 0 saturated heterocycles. The van der Waals surface area contributed by atoms with Gasteiger partial charge in [0.15, 0.2) is 5.78 Å². The molecule has 7 heteroatoms. The first-order chi connectivity index (χ1) is 13.5. The number of thioether (sulfide) groups is 1. The smallest absolute Gasteiger partial charge is 0.303 e. The van der Waals surface area contributed by atoms with Gasteiger partial charge in [0.2, 0.25) is 0 Å². The highest BCUT2D eigenvalue weighted by Crippen LogP contribution is 2.31. The van der Waals surface area contributed by atoms with Crippen molar-refractivity contribution in [3.63, 3.8) is 0 Å². The number of allylic oxidation sites excluding steroid dienone is 3. The molecular weight excluding hydrogens is 400 g/mol. The first-order valence-corrected chi connectivity index (χ1v) is 10.6. The highest BCUT2D eigenvalue weighted by atomic mass is 35.5. The lowest BCUT2D eigenvalue weighted by atomic mass is 10.0. The summed E-state index contributed by atoms with van der Waals surface area (Å²) in [5.74, 6) is 0.234. The molecule has 0 saturated carbocycles. The van der Waals surface area contributed by atoms with Crippen LogP contribution < -0.4 is 4.74 Å². The summed E-state index contributed by atoms with van der Waals surface area (Å²) >= 11 is 7.44. The van der Waals surface area contributed by atoms with Crippen LogP contribution in [0.25, 0.3) is 0 Å². The van der Waals surface area contributed by atoms with Gasteiger partial charge in [-0.3, -0.25) is 9.59 Å². The number of hydrogen-bond donors (Lipinski definition) is 2. The van der Waals surface area contributed by atoms with Gasteiger partial charge < -0.3 is 14.9 Å². The fourth-order valence-electron chi connectivity index (χ4n) is 2.78. The maximum Gasteiger partial charge on any atom is 0.303 e. The number of unbranched alkanes of at least 4 members (excludes halogenated alkanes) is 1. The molecule has 0 heterocycles. The van der Waals surface area contributed by atoms with E-state index in [2.05, 4.69) is 0 Å². The van der Waals surface area contributed by atoms with Crippen molar-refractivity contribution in [2.75, 3.05) is 12.4 Å². The second-order valence-electron chi connectivity index (χ2n) is 6.58. The van der Waals surface area contributed by atoms with Gasteiger partial charge in [-0.25, -0.2) is 0 Å². The van der Waals surface area contributed by atoms with Gasteiger partial charge in [-0.1, -0.05) is 35.9 Å². The standard InChI is InChI=1S/C21H25ClO5S/c22-15-6-5-7-17(12-15)27-13-16(23)14-28-20-11-10-19(24)18(20)8-3-1-2-4-9-21(25)26/h1,3,5-7,10-12,16,18,20,23H,2,4,8-9,13-14H2,(H,25,26)/b3-1-. The number of ether oxygens (including phenoxy) is 1. The van der Waals surface area contributed by atoms with E-state index in [0.29, 0.717) is 35.8 Å². The molecule has 0 fully saturated rings. The number of aliphatic carboxylic acids is 1. The van der Waals surface area contributed by atoms with E-state index >= 15 is 0 Å².